The number of hydrogen-bond donors (Lipinski definition) is 1. The first-order chi connectivity index (χ1) is 14.5. The average molecular weight is 437 g/mol. The molecule has 2 aromatic carbocycles. The number of hydrogen-bond acceptors (Lipinski definition) is 4. The lowest BCUT2D eigenvalue weighted by molar-refractivity contribution is -0.255. The Hall–Kier alpha value is -2.94. The molecule has 0 spiro atoms. The Morgan fingerprint density at radius 3 is 2.48 bits per heavy atom. The van der Waals surface area contributed by atoms with E-state index in [1.54, 1.807) is 19.1 Å². The van der Waals surface area contributed by atoms with Gasteiger partial charge in [-0.2, -0.15) is 13.2 Å². The van der Waals surface area contributed by atoms with Crippen molar-refractivity contribution in [3.05, 3.63) is 70.8 Å². The van der Waals surface area contributed by atoms with Gasteiger partial charge in [0.15, 0.2) is 0 Å². The van der Waals surface area contributed by atoms with Gasteiger partial charge in [0.1, 0.15) is 6.17 Å². The molecule has 0 aliphatic carbocycles. The summed E-state index contributed by atoms with van der Waals surface area (Å²) in [5, 5.41) is 13.6. The van der Waals surface area contributed by atoms with Gasteiger partial charge in [-0.3, -0.25) is 9.69 Å². The van der Waals surface area contributed by atoms with Crippen LogP contribution in [-0.4, -0.2) is 35.5 Å². The summed E-state index contributed by atoms with van der Waals surface area (Å²) in [5.74, 6) is -1.75. The van der Waals surface area contributed by atoms with Crippen LogP contribution in [0.2, 0.25) is 0 Å². The fourth-order valence-electron chi connectivity index (χ4n) is 3.68. The van der Waals surface area contributed by atoms with Crippen LogP contribution in [0.4, 0.5) is 17.6 Å². The molecule has 31 heavy (non-hydrogen) atoms. The molecule has 1 saturated heterocycles. The Morgan fingerprint density at radius 1 is 1.19 bits per heavy atom. The van der Waals surface area contributed by atoms with E-state index in [2.05, 4.69) is 5.32 Å². The summed E-state index contributed by atoms with van der Waals surface area (Å²) in [5.41, 5.74) is 0.200. The van der Waals surface area contributed by atoms with Crippen LogP contribution >= 0.6 is 0 Å². The second kappa shape index (κ2) is 9.05. The molecule has 5 nitrogen and oxygen atoms in total. The minimum Gasteiger partial charge on any atom is -0.545 e. The molecule has 1 heterocycles. The molecule has 1 fully saturated rings. The number of carbonyl (C=O) groups excluding carboxylic acids is 2. The molecule has 1 N–H and O–H groups in total. The van der Waals surface area contributed by atoms with Crippen molar-refractivity contribution in [1.82, 2.24) is 10.2 Å². The van der Waals surface area contributed by atoms with Crippen LogP contribution in [0.25, 0.3) is 0 Å². The summed E-state index contributed by atoms with van der Waals surface area (Å²) in [6, 6.07) is 9.27. The Morgan fingerprint density at radius 2 is 1.87 bits per heavy atom. The van der Waals surface area contributed by atoms with Crippen LogP contribution in [0, 0.1) is 0 Å². The number of amides is 1. The van der Waals surface area contributed by atoms with E-state index in [-0.39, 0.29) is 25.1 Å². The molecule has 0 unspecified atom stereocenters. The molecule has 1 aliphatic heterocycles. The molecular formula is C22H21F4N2O3-. The normalized spacial score (nSPS) is 20.4. The van der Waals surface area contributed by atoms with E-state index in [0.29, 0.717) is 11.1 Å². The smallest absolute Gasteiger partial charge is 0.416 e. The molecule has 0 bridgehead atoms. The van der Waals surface area contributed by atoms with Crippen molar-refractivity contribution in [2.75, 3.05) is 6.54 Å². The largest absolute Gasteiger partial charge is 0.545 e. The second-order valence-corrected chi connectivity index (χ2v) is 7.62. The molecule has 166 valence electrons. The van der Waals surface area contributed by atoms with Gasteiger partial charge in [-0.15, -0.1) is 0 Å². The number of likely N-dealkylation sites (tertiary alicyclic amines) is 1. The number of aromatic carboxylic acids is 1. The summed E-state index contributed by atoms with van der Waals surface area (Å²) in [4.78, 5) is 25.1. The quantitative estimate of drug-likeness (QED) is 0.706. The van der Waals surface area contributed by atoms with Gasteiger partial charge in [0.05, 0.1) is 23.6 Å². The third kappa shape index (κ3) is 5.61. The lowest BCUT2D eigenvalue weighted by Crippen LogP contribution is -2.43. The number of carboxylic acids is 1. The third-order valence-corrected chi connectivity index (χ3v) is 5.30. The standard InChI is InChI=1S/C22H22F4N2O3/c1-13(15-5-7-16(8-6-15)21(30)31)27-20(29)19-10-18(23)12-28(19)11-14-3-2-4-17(9-14)22(24,25)26/h2-9,13,18-19H,10-12H2,1H3,(H,27,29)(H,30,31)/p-1/t13-,18-,19+/m0/s1. The van der Waals surface area contributed by atoms with Crippen molar-refractivity contribution in [2.24, 2.45) is 0 Å². The van der Waals surface area contributed by atoms with Gasteiger partial charge < -0.3 is 15.2 Å². The van der Waals surface area contributed by atoms with Crippen molar-refractivity contribution in [1.29, 1.82) is 0 Å². The third-order valence-electron chi connectivity index (χ3n) is 5.30. The van der Waals surface area contributed by atoms with Gasteiger partial charge in [0.25, 0.3) is 0 Å². The zero-order valence-electron chi connectivity index (χ0n) is 16.7. The summed E-state index contributed by atoms with van der Waals surface area (Å²) in [7, 11) is 0. The Kier molecular flexibility index (Phi) is 6.64. The highest BCUT2D eigenvalue weighted by atomic mass is 19.4. The van der Waals surface area contributed by atoms with E-state index in [1.807, 2.05) is 0 Å². The molecule has 9 heteroatoms. The van der Waals surface area contributed by atoms with E-state index in [4.69, 9.17) is 0 Å². The van der Waals surface area contributed by atoms with Gasteiger partial charge in [-0.05, 0) is 29.7 Å². The fourth-order valence-corrected chi connectivity index (χ4v) is 3.68. The number of nitrogens with zero attached hydrogens (tertiary/aromatic N) is 1. The first-order valence-electron chi connectivity index (χ1n) is 9.70. The topological polar surface area (TPSA) is 72.5 Å². The molecule has 0 radical (unpaired) electrons. The van der Waals surface area contributed by atoms with Crippen LogP contribution in [0.5, 0.6) is 0 Å². The number of carbonyl (C=O) groups is 2. The van der Waals surface area contributed by atoms with Crippen LogP contribution in [0.3, 0.4) is 0 Å². The zero-order chi connectivity index (χ0) is 22.8. The predicted molar refractivity (Wildman–Crippen MR) is 102 cm³/mol. The maximum atomic E-state index is 14.1. The van der Waals surface area contributed by atoms with E-state index < -0.39 is 41.9 Å². The first-order valence-corrected chi connectivity index (χ1v) is 9.70. The minimum atomic E-state index is -4.48. The van der Waals surface area contributed by atoms with Gasteiger partial charge in [-0.25, -0.2) is 4.39 Å². The minimum absolute atomic E-state index is 0.00519. The number of halogens is 4. The van der Waals surface area contributed by atoms with Crippen molar-refractivity contribution in [2.45, 2.75) is 44.3 Å². The highest BCUT2D eigenvalue weighted by molar-refractivity contribution is 5.86. The maximum absolute atomic E-state index is 14.1. The summed E-state index contributed by atoms with van der Waals surface area (Å²) in [6.45, 7) is 1.66. The zero-order valence-corrected chi connectivity index (χ0v) is 16.7. The molecule has 1 aliphatic rings. The van der Waals surface area contributed by atoms with E-state index >= 15 is 0 Å². The number of nitrogens with one attached hydrogen (secondary N) is 1. The average Bonchev–Trinajstić information content (AvgIpc) is 3.07. The Bertz CT molecular complexity index is 947. The van der Waals surface area contributed by atoms with Crippen molar-refractivity contribution < 1.29 is 32.3 Å². The molecule has 3 rings (SSSR count). The number of rotatable bonds is 6. The van der Waals surface area contributed by atoms with Crippen LogP contribution in [-0.2, 0) is 17.5 Å². The molecule has 3 atom stereocenters. The van der Waals surface area contributed by atoms with Gasteiger partial charge in [-0.1, -0.05) is 42.5 Å². The Balaban J connectivity index is 1.69. The lowest BCUT2D eigenvalue weighted by atomic mass is 10.0. The number of carboxylic acid groups (broad SMARTS) is 1. The highest BCUT2D eigenvalue weighted by Gasteiger charge is 2.38. The molecular weight excluding hydrogens is 416 g/mol. The second-order valence-electron chi connectivity index (χ2n) is 7.62. The lowest BCUT2D eigenvalue weighted by Gasteiger charge is -2.25. The molecule has 0 aromatic heterocycles. The van der Waals surface area contributed by atoms with Crippen molar-refractivity contribution >= 4 is 11.9 Å². The fraction of sp³-hybridized carbons (Fsp3) is 0.364. The van der Waals surface area contributed by atoms with E-state index in [0.717, 1.165) is 12.1 Å². The van der Waals surface area contributed by atoms with Crippen LogP contribution in [0.1, 0.15) is 46.4 Å². The number of alkyl halides is 4. The highest BCUT2D eigenvalue weighted by Crippen LogP contribution is 2.31. The monoisotopic (exact) mass is 437 g/mol. The predicted octanol–water partition coefficient (Wildman–Crippen LogP) is 2.86. The SMILES string of the molecule is C[C@H](NC(=O)[C@H]1C[C@H](F)CN1Cc1cccc(C(F)(F)F)c1)c1ccc(C(=O)[O-])cc1. The summed E-state index contributed by atoms with van der Waals surface area (Å²) < 4.78 is 52.9. The van der Waals surface area contributed by atoms with Gasteiger partial charge in [0.2, 0.25) is 5.91 Å². The van der Waals surface area contributed by atoms with Gasteiger partial charge in [0, 0.05) is 19.5 Å². The van der Waals surface area contributed by atoms with Gasteiger partial charge >= 0.3 is 6.18 Å². The van der Waals surface area contributed by atoms with E-state index in [1.165, 1.54) is 29.2 Å². The molecule has 2 aromatic rings. The van der Waals surface area contributed by atoms with Crippen LogP contribution < -0.4 is 10.4 Å². The number of benzene rings is 2. The van der Waals surface area contributed by atoms with Crippen molar-refractivity contribution in [3.63, 3.8) is 0 Å². The van der Waals surface area contributed by atoms with E-state index in [9.17, 15) is 32.3 Å². The molecule has 0 saturated carbocycles. The van der Waals surface area contributed by atoms with Crippen molar-refractivity contribution in [3.8, 4) is 0 Å². The van der Waals surface area contributed by atoms with Crippen LogP contribution in [0.15, 0.2) is 48.5 Å². The first kappa shape index (κ1) is 22.7. The summed E-state index contributed by atoms with van der Waals surface area (Å²) in [6.07, 6.45) is -5.80. The Labute approximate surface area is 176 Å². The summed E-state index contributed by atoms with van der Waals surface area (Å²) >= 11 is 0. The maximum Gasteiger partial charge on any atom is 0.416 e. The molecule has 1 amide bonds.